The van der Waals surface area contributed by atoms with E-state index in [-0.39, 0.29) is 4.90 Å². The first-order valence-electron chi connectivity index (χ1n) is 2.81. The molecule has 0 spiro atoms. The Hall–Kier alpha value is 0.480. The van der Waals surface area contributed by atoms with E-state index >= 15 is 0 Å². The highest BCUT2D eigenvalue weighted by Crippen LogP contribution is 2.27. The zero-order valence-electron chi connectivity index (χ0n) is 5.59. The van der Waals surface area contributed by atoms with Gasteiger partial charge in [-0.05, 0) is 34.7 Å². The number of rotatable bonds is 1. The van der Waals surface area contributed by atoms with Gasteiger partial charge >= 0.3 is 0 Å². The van der Waals surface area contributed by atoms with Crippen LogP contribution in [-0.4, -0.2) is 8.42 Å². The van der Waals surface area contributed by atoms with Crippen molar-refractivity contribution in [2.24, 2.45) is 0 Å². The van der Waals surface area contributed by atoms with Gasteiger partial charge in [0, 0.05) is 10.7 Å². The molecule has 0 radical (unpaired) electrons. The Kier molecular flexibility index (Phi) is 3.25. The van der Waals surface area contributed by atoms with Crippen molar-refractivity contribution in [3.63, 3.8) is 0 Å². The van der Waals surface area contributed by atoms with Gasteiger partial charge in [-0.2, -0.15) is 0 Å². The van der Waals surface area contributed by atoms with E-state index in [2.05, 4.69) is 0 Å². The summed E-state index contributed by atoms with van der Waals surface area (Å²) >= 11 is 7.52. The molecule has 6 heteroatoms. The third-order valence-corrected chi connectivity index (χ3v) is 4.71. The van der Waals surface area contributed by atoms with Crippen LogP contribution in [0.25, 0.3) is 0 Å². The monoisotopic (exact) mass is 336 g/mol. The summed E-state index contributed by atoms with van der Waals surface area (Å²) in [6.45, 7) is 0. The molecule has 12 heavy (non-hydrogen) atoms. The fraction of sp³-hybridized carbons (Fsp3) is 0. The Morgan fingerprint density at radius 2 is 1.92 bits per heavy atom. The van der Waals surface area contributed by atoms with Gasteiger partial charge in [0.25, 0.3) is 9.05 Å². The minimum Gasteiger partial charge on any atom is -0.207 e. The van der Waals surface area contributed by atoms with Crippen molar-refractivity contribution in [3.05, 3.63) is 26.8 Å². The zero-order chi connectivity index (χ0) is 9.35. The quantitative estimate of drug-likeness (QED) is 0.583. The second kappa shape index (κ2) is 3.69. The summed E-state index contributed by atoms with van der Waals surface area (Å²) in [5.74, 6) is 0. The highest BCUT2D eigenvalue weighted by Gasteiger charge is 2.15. The molecule has 0 aliphatic carbocycles. The maximum absolute atomic E-state index is 10.9. The molecule has 0 fully saturated rings. The summed E-state index contributed by atoms with van der Waals surface area (Å²) in [5.41, 5.74) is 0. The van der Waals surface area contributed by atoms with Crippen molar-refractivity contribution >= 4 is 53.9 Å². The van der Waals surface area contributed by atoms with Crippen molar-refractivity contribution in [2.75, 3.05) is 0 Å². The minimum atomic E-state index is -3.68. The summed E-state index contributed by atoms with van der Waals surface area (Å²) in [5, 5.41) is 0.386. The lowest BCUT2D eigenvalue weighted by Gasteiger charge is -2.00. The molecule has 0 N–H and O–H groups in total. The van der Waals surface area contributed by atoms with Gasteiger partial charge in [0.05, 0.1) is 13.5 Å². The summed E-state index contributed by atoms with van der Waals surface area (Å²) in [6.07, 6.45) is 0. The fourth-order valence-electron chi connectivity index (χ4n) is 0.672. The second-order valence-electron chi connectivity index (χ2n) is 1.99. The maximum atomic E-state index is 10.9. The van der Waals surface area contributed by atoms with Crippen LogP contribution in [0.1, 0.15) is 0 Å². The van der Waals surface area contributed by atoms with Gasteiger partial charge in [0.2, 0.25) is 0 Å². The molecule has 0 atom stereocenters. The fourth-order valence-corrected chi connectivity index (χ4v) is 3.47. The molecule has 0 aliphatic heterocycles. The van der Waals surface area contributed by atoms with Gasteiger partial charge < -0.3 is 0 Å². The lowest BCUT2D eigenvalue weighted by molar-refractivity contribution is 0.609. The molecule has 1 rings (SSSR count). The smallest absolute Gasteiger partial charge is 0.207 e. The Labute approximate surface area is 93.4 Å². The van der Waals surface area contributed by atoms with Gasteiger partial charge in [-0.15, -0.1) is 0 Å². The third kappa shape index (κ3) is 2.25. The first-order chi connectivity index (χ1) is 5.43. The average Bonchev–Trinajstić information content (AvgIpc) is 1.92. The third-order valence-electron chi connectivity index (χ3n) is 1.18. The molecule has 0 aliphatic rings. The SMILES string of the molecule is O=S(=O)(Cl)c1cccc(Cl)c1I. The van der Waals surface area contributed by atoms with Gasteiger partial charge in [0.1, 0.15) is 0 Å². The van der Waals surface area contributed by atoms with Crippen LogP contribution >= 0.6 is 44.9 Å². The molecule has 66 valence electrons. The first kappa shape index (κ1) is 10.6. The van der Waals surface area contributed by atoms with E-state index in [0.717, 1.165) is 0 Å². The lowest BCUT2D eigenvalue weighted by Crippen LogP contribution is -1.94. The largest absolute Gasteiger partial charge is 0.262 e. The van der Waals surface area contributed by atoms with Crippen LogP contribution in [0.5, 0.6) is 0 Å². The van der Waals surface area contributed by atoms with Crippen LogP contribution in [0.4, 0.5) is 0 Å². The molecule has 0 saturated heterocycles. The van der Waals surface area contributed by atoms with Crippen molar-refractivity contribution in [2.45, 2.75) is 4.90 Å². The Balaban J connectivity index is 3.47. The van der Waals surface area contributed by atoms with Crippen molar-refractivity contribution in [1.82, 2.24) is 0 Å². The summed E-state index contributed by atoms with van der Waals surface area (Å²) < 4.78 is 22.3. The summed E-state index contributed by atoms with van der Waals surface area (Å²) in [6, 6.07) is 4.56. The predicted molar refractivity (Wildman–Crippen MR) is 57.2 cm³/mol. The maximum Gasteiger partial charge on any atom is 0.262 e. The van der Waals surface area contributed by atoms with E-state index in [0.29, 0.717) is 8.59 Å². The van der Waals surface area contributed by atoms with E-state index in [1.54, 1.807) is 12.1 Å². The molecule has 0 heterocycles. The second-order valence-corrected chi connectivity index (χ2v) is 6.01. The zero-order valence-corrected chi connectivity index (χ0v) is 10.1. The van der Waals surface area contributed by atoms with E-state index in [9.17, 15) is 8.42 Å². The molecule has 0 aromatic heterocycles. The van der Waals surface area contributed by atoms with E-state index in [4.69, 9.17) is 22.3 Å². The minimum absolute atomic E-state index is 0.0530. The summed E-state index contributed by atoms with van der Waals surface area (Å²) in [7, 11) is 1.47. The normalized spacial score (nSPS) is 11.6. The molecule has 2 nitrogen and oxygen atoms in total. The number of halogens is 3. The standard InChI is InChI=1S/C6H3Cl2IO2S/c7-4-2-1-3-5(6(4)9)12(8,10)11/h1-3H. The molecular formula is C6H3Cl2IO2S. The van der Waals surface area contributed by atoms with Crippen LogP contribution in [0.3, 0.4) is 0 Å². The molecule has 0 bridgehead atoms. The number of hydrogen-bond acceptors (Lipinski definition) is 2. The lowest BCUT2D eigenvalue weighted by atomic mass is 10.4. The van der Waals surface area contributed by atoms with Gasteiger partial charge in [-0.3, -0.25) is 0 Å². The Bertz CT molecular complexity index is 402. The molecule has 0 unspecified atom stereocenters. The first-order valence-corrected chi connectivity index (χ1v) is 6.58. The number of hydrogen-bond donors (Lipinski definition) is 0. The van der Waals surface area contributed by atoms with Crippen LogP contribution in [0.15, 0.2) is 23.1 Å². The highest BCUT2D eigenvalue weighted by atomic mass is 127. The van der Waals surface area contributed by atoms with E-state index < -0.39 is 9.05 Å². The molecule has 1 aromatic carbocycles. The molecule has 0 amide bonds. The van der Waals surface area contributed by atoms with Crippen molar-refractivity contribution in [3.8, 4) is 0 Å². The highest BCUT2D eigenvalue weighted by molar-refractivity contribution is 14.1. The topological polar surface area (TPSA) is 34.1 Å². The van der Waals surface area contributed by atoms with E-state index in [1.807, 2.05) is 22.6 Å². The van der Waals surface area contributed by atoms with E-state index in [1.165, 1.54) is 6.07 Å². The van der Waals surface area contributed by atoms with Gasteiger partial charge in [0.15, 0.2) is 0 Å². The van der Waals surface area contributed by atoms with Crippen LogP contribution in [0.2, 0.25) is 5.02 Å². The van der Waals surface area contributed by atoms with Crippen LogP contribution < -0.4 is 0 Å². The predicted octanol–water partition coefficient (Wildman–Crippen LogP) is 2.87. The average molecular weight is 337 g/mol. The Morgan fingerprint density at radius 1 is 1.33 bits per heavy atom. The molecule has 1 aromatic rings. The van der Waals surface area contributed by atoms with Gasteiger partial charge in [-0.1, -0.05) is 17.7 Å². The summed E-state index contributed by atoms with van der Waals surface area (Å²) in [4.78, 5) is 0.0530. The van der Waals surface area contributed by atoms with Gasteiger partial charge in [-0.25, -0.2) is 8.42 Å². The number of benzene rings is 1. The van der Waals surface area contributed by atoms with Crippen molar-refractivity contribution in [1.29, 1.82) is 0 Å². The molecule has 0 saturated carbocycles. The van der Waals surface area contributed by atoms with Crippen molar-refractivity contribution < 1.29 is 8.42 Å². The Morgan fingerprint density at radius 3 is 2.33 bits per heavy atom. The molecular weight excluding hydrogens is 334 g/mol. The van der Waals surface area contributed by atoms with Crippen LogP contribution in [-0.2, 0) is 9.05 Å². The van der Waals surface area contributed by atoms with Crippen LogP contribution in [0, 0.1) is 3.57 Å².